The van der Waals surface area contributed by atoms with Gasteiger partial charge in [-0.1, -0.05) is 12.8 Å². The molecule has 0 spiro atoms. The maximum Gasteiger partial charge on any atom is 0.0576 e. The van der Waals surface area contributed by atoms with Crippen molar-refractivity contribution >= 4 is 0 Å². The molecule has 1 unspecified atom stereocenters. The second kappa shape index (κ2) is 5.86. The SMILES string of the molecule is NC1CCC(CCCC2CCCO2)CC1. The summed E-state index contributed by atoms with van der Waals surface area (Å²) in [7, 11) is 0. The molecule has 1 saturated carbocycles. The van der Waals surface area contributed by atoms with Crippen LogP contribution in [0, 0.1) is 5.92 Å². The monoisotopic (exact) mass is 211 g/mol. The number of hydrogen-bond donors (Lipinski definition) is 1. The fourth-order valence-electron chi connectivity index (χ4n) is 2.98. The molecule has 2 heteroatoms. The van der Waals surface area contributed by atoms with Gasteiger partial charge >= 0.3 is 0 Å². The Hall–Kier alpha value is -0.0800. The first-order valence-corrected chi connectivity index (χ1v) is 6.72. The van der Waals surface area contributed by atoms with Gasteiger partial charge in [-0.15, -0.1) is 0 Å². The van der Waals surface area contributed by atoms with Crippen LogP contribution in [0.3, 0.4) is 0 Å². The van der Waals surface area contributed by atoms with E-state index in [0.717, 1.165) is 12.5 Å². The molecule has 0 amide bonds. The molecule has 0 radical (unpaired) electrons. The first-order valence-electron chi connectivity index (χ1n) is 6.72. The zero-order valence-corrected chi connectivity index (χ0v) is 9.79. The van der Waals surface area contributed by atoms with Gasteiger partial charge in [-0.05, 0) is 50.9 Å². The lowest BCUT2D eigenvalue weighted by molar-refractivity contribution is 0.0998. The molecule has 2 fully saturated rings. The van der Waals surface area contributed by atoms with Crippen molar-refractivity contribution in [2.45, 2.75) is 69.9 Å². The third-order valence-electron chi connectivity index (χ3n) is 4.05. The van der Waals surface area contributed by atoms with Gasteiger partial charge in [-0.25, -0.2) is 0 Å². The Kier molecular flexibility index (Phi) is 4.45. The highest BCUT2D eigenvalue weighted by molar-refractivity contribution is 4.75. The molecule has 0 aromatic rings. The molecule has 88 valence electrons. The molecule has 1 saturated heterocycles. The molecule has 15 heavy (non-hydrogen) atoms. The molecule has 1 heterocycles. The lowest BCUT2D eigenvalue weighted by Gasteiger charge is -2.26. The van der Waals surface area contributed by atoms with Crippen LogP contribution in [0.4, 0.5) is 0 Å². The van der Waals surface area contributed by atoms with Crippen molar-refractivity contribution in [2.24, 2.45) is 11.7 Å². The largest absolute Gasteiger partial charge is 0.378 e. The summed E-state index contributed by atoms with van der Waals surface area (Å²) in [5, 5.41) is 0. The lowest BCUT2D eigenvalue weighted by Crippen LogP contribution is -2.26. The van der Waals surface area contributed by atoms with E-state index < -0.39 is 0 Å². The highest BCUT2D eigenvalue weighted by Crippen LogP contribution is 2.28. The van der Waals surface area contributed by atoms with Crippen LogP contribution < -0.4 is 5.73 Å². The van der Waals surface area contributed by atoms with Gasteiger partial charge in [0.2, 0.25) is 0 Å². The zero-order valence-electron chi connectivity index (χ0n) is 9.79. The minimum absolute atomic E-state index is 0.499. The van der Waals surface area contributed by atoms with Gasteiger partial charge in [-0.2, -0.15) is 0 Å². The normalized spacial score (nSPS) is 37.0. The maximum atomic E-state index is 5.91. The van der Waals surface area contributed by atoms with Crippen LogP contribution in [-0.2, 0) is 4.74 Å². The summed E-state index contributed by atoms with van der Waals surface area (Å²) < 4.78 is 5.64. The van der Waals surface area contributed by atoms with Gasteiger partial charge < -0.3 is 10.5 Å². The fourth-order valence-corrected chi connectivity index (χ4v) is 2.98. The van der Waals surface area contributed by atoms with E-state index in [2.05, 4.69) is 0 Å². The average molecular weight is 211 g/mol. The summed E-state index contributed by atoms with van der Waals surface area (Å²) in [4.78, 5) is 0. The second-order valence-electron chi connectivity index (χ2n) is 5.35. The first-order chi connectivity index (χ1) is 7.34. The van der Waals surface area contributed by atoms with E-state index in [1.54, 1.807) is 0 Å². The molecule has 1 aliphatic carbocycles. The Morgan fingerprint density at radius 2 is 1.80 bits per heavy atom. The van der Waals surface area contributed by atoms with E-state index in [1.165, 1.54) is 57.8 Å². The summed E-state index contributed by atoms with van der Waals surface area (Å²) in [6, 6.07) is 0.499. The minimum Gasteiger partial charge on any atom is -0.378 e. The van der Waals surface area contributed by atoms with Crippen LogP contribution >= 0.6 is 0 Å². The predicted molar refractivity (Wildman–Crippen MR) is 62.8 cm³/mol. The van der Waals surface area contributed by atoms with Crippen LogP contribution in [0.15, 0.2) is 0 Å². The van der Waals surface area contributed by atoms with Crippen LogP contribution in [0.25, 0.3) is 0 Å². The second-order valence-corrected chi connectivity index (χ2v) is 5.35. The van der Waals surface area contributed by atoms with E-state index in [-0.39, 0.29) is 0 Å². The zero-order chi connectivity index (χ0) is 10.5. The standard InChI is InChI=1S/C13H25NO/c14-12-8-6-11(7-9-12)3-1-4-13-5-2-10-15-13/h11-13H,1-10,14H2. The van der Waals surface area contributed by atoms with Gasteiger partial charge in [0.05, 0.1) is 6.10 Å². The molecule has 0 aromatic carbocycles. The van der Waals surface area contributed by atoms with Crippen LogP contribution in [0.5, 0.6) is 0 Å². The van der Waals surface area contributed by atoms with E-state index in [4.69, 9.17) is 10.5 Å². The molecular formula is C13H25NO. The van der Waals surface area contributed by atoms with Gasteiger partial charge in [0, 0.05) is 12.6 Å². The van der Waals surface area contributed by atoms with Gasteiger partial charge in [-0.3, -0.25) is 0 Å². The number of nitrogens with two attached hydrogens (primary N) is 1. The van der Waals surface area contributed by atoms with E-state index in [1.807, 2.05) is 0 Å². The quantitative estimate of drug-likeness (QED) is 0.776. The Morgan fingerprint density at radius 3 is 2.47 bits per heavy atom. The van der Waals surface area contributed by atoms with Gasteiger partial charge in [0.15, 0.2) is 0 Å². The highest BCUT2D eigenvalue weighted by Gasteiger charge is 2.19. The van der Waals surface area contributed by atoms with E-state index >= 15 is 0 Å². The average Bonchev–Trinajstić information content (AvgIpc) is 2.74. The molecule has 2 N–H and O–H groups in total. The predicted octanol–water partition coefficient (Wildman–Crippen LogP) is 2.85. The molecule has 2 aliphatic rings. The van der Waals surface area contributed by atoms with Crippen LogP contribution in [0.2, 0.25) is 0 Å². The summed E-state index contributed by atoms with van der Waals surface area (Å²) in [5.41, 5.74) is 5.91. The summed E-state index contributed by atoms with van der Waals surface area (Å²) >= 11 is 0. The Balaban J connectivity index is 1.53. The van der Waals surface area contributed by atoms with Crippen molar-refractivity contribution < 1.29 is 4.74 Å². The molecule has 2 nitrogen and oxygen atoms in total. The third kappa shape index (κ3) is 3.76. The van der Waals surface area contributed by atoms with Gasteiger partial charge in [0.1, 0.15) is 0 Å². The molecule has 0 aromatic heterocycles. The van der Waals surface area contributed by atoms with Crippen molar-refractivity contribution in [3.8, 4) is 0 Å². The number of ether oxygens (including phenoxy) is 1. The Labute approximate surface area is 93.6 Å². The van der Waals surface area contributed by atoms with Crippen molar-refractivity contribution in [1.29, 1.82) is 0 Å². The fraction of sp³-hybridized carbons (Fsp3) is 1.00. The summed E-state index contributed by atoms with van der Waals surface area (Å²) in [6.07, 6.45) is 12.5. The molecule has 1 aliphatic heterocycles. The topological polar surface area (TPSA) is 35.2 Å². The first kappa shape index (κ1) is 11.4. The van der Waals surface area contributed by atoms with Crippen molar-refractivity contribution in [3.63, 3.8) is 0 Å². The van der Waals surface area contributed by atoms with E-state index in [0.29, 0.717) is 12.1 Å². The number of rotatable bonds is 4. The molecular weight excluding hydrogens is 186 g/mol. The van der Waals surface area contributed by atoms with Gasteiger partial charge in [0.25, 0.3) is 0 Å². The van der Waals surface area contributed by atoms with Crippen molar-refractivity contribution in [3.05, 3.63) is 0 Å². The van der Waals surface area contributed by atoms with Crippen molar-refractivity contribution in [2.75, 3.05) is 6.61 Å². The lowest BCUT2D eigenvalue weighted by atomic mass is 9.83. The third-order valence-corrected chi connectivity index (χ3v) is 4.05. The summed E-state index contributed by atoms with van der Waals surface area (Å²) in [5.74, 6) is 0.964. The highest BCUT2D eigenvalue weighted by atomic mass is 16.5. The summed E-state index contributed by atoms with van der Waals surface area (Å²) in [6.45, 7) is 1.00. The van der Waals surface area contributed by atoms with E-state index in [9.17, 15) is 0 Å². The van der Waals surface area contributed by atoms with Crippen LogP contribution in [-0.4, -0.2) is 18.8 Å². The Morgan fingerprint density at radius 1 is 1.00 bits per heavy atom. The van der Waals surface area contributed by atoms with Crippen LogP contribution in [0.1, 0.15) is 57.8 Å². The molecule has 2 rings (SSSR count). The molecule has 0 bridgehead atoms. The Bertz CT molecular complexity index is 169. The number of hydrogen-bond acceptors (Lipinski definition) is 2. The van der Waals surface area contributed by atoms with Crippen molar-refractivity contribution in [1.82, 2.24) is 0 Å². The molecule has 1 atom stereocenters. The minimum atomic E-state index is 0.499. The smallest absolute Gasteiger partial charge is 0.0576 e. The maximum absolute atomic E-state index is 5.91.